The monoisotopic (exact) mass is 904 g/mol. The van der Waals surface area contributed by atoms with Gasteiger partial charge in [0.25, 0.3) is 0 Å². The second kappa shape index (κ2) is 16.7. The molecule has 0 aliphatic carbocycles. The number of hydrogen-bond acceptors (Lipinski definition) is 2. The van der Waals surface area contributed by atoms with Gasteiger partial charge < -0.3 is 13.9 Å². The minimum Gasteiger partial charge on any atom is -0.455 e. The number of aromatic nitrogens is 1. The van der Waals surface area contributed by atoms with E-state index in [0.29, 0.717) is 0 Å². The minimum atomic E-state index is 0.842. The maximum atomic E-state index is 7.08. The minimum absolute atomic E-state index is 0.842. The van der Waals surface area contributed by atoms with Crippen LogP contribution in [0.4, 0.5) is 17.1 Å². The van der Waals surface area contributed by atoms with Crippen molar-refractivity contribution in [2.45, 2.75) is 0 Å². The topological polar surface area (TPSA) is 21.3 Å². The molecule has 0 fully saturated rings. The summed E-state index contributed by atoms with van der Waals surface area (Å²) in [5, 5.41) is 9.60. The number of benzene rings is 12. The Bertz CT molecular complexity index is 4280. The van der Waals surface area contributed by atoms with Gasteiger partial charge in [-0.05, 0) is 122 Å². The Kier molecular flexibility index (Phi) is 9.53. The molecule has 0 aliphatic rings. The van der Waals surface area contributed by atoms with Gasteiger partial charge in [0.2, 0.25) is 0 Å². The predicted molar refractivity (Wildman–Crippen MR) is 299 cm³/mol. The highest BCUT2D eigenvalue weighted by Gasteiger charge is 2.25. The van der Waals surface area contributed by atoms with Crippen LogP contribution in [0.1, 0.15) is 0 Å². The number of fused-ring (bicyclic) bond motifs is 9. The maximum Gasteiger partial charge on any atom is 0.145 e. The van der Waals surface area contributed by atoms with Gasteiger partial charge in [-0.1, -0.05) is 200 Å². The normalized spacial score (nSPS) is 11.7. The quantitative estimate of drug-likeness (QED) is 0.142. The summed E-state index contributed by atoms with van der Waals surface area (Å²) in [7, 11) is 0. The van der Waals surface area contributed by atoms with E-state index in [1.165, 1.54) is 54.5 Å². The number of para-hydroxylation sites is 3. The third-order valence-electron chi connectivity index (χ3n) is 14.4. The van der Waals surface area contributed by atoms with Gasteiger partial charge in [0.05, 0.1) is 27.8 Å². The number of rotatable bonds is 8. The van der Waals surface area contributed by atoms with Crippen molar-refractivity contribution < 1.29 is 4.42 Å². The second-order valence-electron chi connectivity index (χ2n) is 18.4. The van der Waals surface area contributed by atoms with Gasteiger partial charge in [0, 0.05) is 38.7 Å². The molecule has 12 aromatic carbocycles. The first-order chi connectivity index (χ1) is 35.2. The van der Waals surface area contributed by atoms with Crippen LogP contribution in [0.2, 0.25) is 0 Å². The fourth-order valence-electron chi connectivity index (χ4n) is 11.1. The average Bonchev–Trinajstić information content (AvgIpc) is 4.01. The van der Waals surface area contributed by atoms with Gasteiger partial charge in [-0.15, -0.1) is 0 Å². The molecule has 0 saturated heterocycles. The summed E-state index contributed by atoms with van der Waals surface area (Å²) in [4.78, 5) is 2.44. The van der Waals surface area contributed by atoms with Gasteiger partial charge >= 0.3 is 0 Å². The van der Waals surface area contributed by atoms with Crippen molar-refractivity contribution in [3.05, 3.63) is 267 Å². The van der Waals surface area contributed by atoms with Crippen LogP contribution in [0.15, 0.2) is 271 Å². The van der Waals surface area contributed by atoms with Crippen molar-refractivity contribution in [2.24, 2.45) is 0 Å². The molecule has 14 aromatic rings. The Hall–Kier alpha value is -9.44. The highest BCUT2D eigenvalue weighted by atomic mass is 16.3. The summed E-state index contributed by atoms with van der Waals surface area (Å²) in [5.41, 5.74) is 17.3. The van der Waals surface area contributed by atoms with E-state index in [4.69, 9.17) is 4.42 Å². The van der Waals surface area contributed by atoms with E-state index in [2.05, 4.69) is 276 Å². The van der Waals surface area contributed by atoms with Gasteiger partial charge in [-0.3, -0.25) is 0 Å². The fourth-order valence-corrected chi connectivity index (χ4v) is 11.1. The SMILES string of the molecule is c1ccc(-c2ccc(N(c3ccc(-c4cccc5c4ccc4ccccc45)cc3)c3ccc(-c4cccc(-n5c6ccccc6c6ccccc65)c4)c4oc5ccccc5c34)c(-c3ccccc3)c2)cc1. The van der Waals surface area contributed by atoms with E-state index in [1.807, 2.05) is 0 Å². The van der Waals surface area contributed by atoms with Crippen molar-refractivity contribution in [3.8, 4) is 50.2 Å². The van der Waals surface area contributed by atoms with E-state index >= 15 is 0 Å². The molecule has 332 valence electrons. The zero-order chi connectivity index (χ0) is 46.8. The van der Waals surface area contributed by atoms with E-state index in [0.717, 1.165) is 78.1 Å². The molecule has 0 atom stereocenters. The molecule has 14 rings (SSSR count). The van der Waals surface area contributed by atoms with Crippen LogP contribution in [0.25, 0.3) is 115 Å². The van der Waals surface area contributed by atoms with Crippen molar-refractivity contribution >= 4 is 82.4 Å². The lowest BCUT2D eigenvalue weighted by Crippen LogP contribution is -2.12. The smallest absolute Gasteiger partial charge is 0.145 e. The molecule has 0 bridgehead atoms. The van der Waals surface area contributed by atoms with Crippen LogP contribution in [0, 0.1) is 0 Å². The average molecular weight is 905 g/mol. The lowest BCUT2D eigenvalue weighted by Gasteiger charge is -2.29. The highest BCUT2D eigenvalue weighted by molar-refractivity contribution is 6.18. The summed E-state index contributed by atoms with van der Waals surface area (Å²) in [6.07, 6.45) is 0. The molecular formula is C68H44N2O. The van der Waals surface area contributed by atoms with Gasteiger partial charge in [0.15, 0.2) is 0 Å². The summed E-state index contributed by atoms with van der Waals surface area (Å²) < 4.78 is 9.46. The largest absolute Gasteiger partial charge is 0.455 e. The fraction of sp³-hybridized carbons (Fsp3) is 0. The second-order valence-corrected chi connectivity index (χ2v) is 18.4. The van der Waals surface area contributed by atoms with Gasteiger partial charge in [-0.25, -0.2) is 0 Å². The molecule has 0 radical (unpaired) electrons. The summed E-state index contributed by atoms with van der Waals surface area (Å²) in [6.45, 7) is 0. The molecule has 3 nitrogen and oxygen atoms in total. The standard InChI is InChI=1S/C68H44N2O/c1-3-17-45(18-4-1)49-36-41-64(61(44-49)46-19-5-2-6-20-46)69(51-37-33-48(34-38-51)54-28-16-29-56-53-24-8-7-21-47(53)35-39-57(54)56)65-42-40-55(68-67(65)60-27-11-14-32-66(60)71-68)50-22-15-23-52(43-50)70-62-30-12-9-25-58(62)59-26-10-13-31-63(59)70/h1-44H. The first-order valence-corrected chi connectivity index (χ1v) is 24.3. The molecule has 0 saturated carbocycles. The highest BCUT2D eigenvalue weighted by Crippen LogP contribution is 2.49. The van der Waals surface area contributed by atoms with Gasteiger partial charge in [0.1, 0.15) is 11.2 Å². The van der Waals surface area contributed by atoms with E-state index in [1.54, 1.807) is 0 Å². The van der Waals surface area contributed by atoms with Crippen LogP contribution in [-0.2, 0) is 0 Å². The van der Waals surface area contributed by atoms with Crippen molar-refractivity contribution in [1.29, 1.82) is 0 Å². The molecule has 0 N–H and O–H groups in total. The summed E-state index contributed by atoms with van der Waals surface area (Å²) in [5.74, 6) is 0. The molecule has 71 heavy (non-hydrogen) atoms. The lowest BCUT2D eigenvalue weighted by molar-refractivity contribution is 0.670. The van der Waals surface area contributed by atoms with Crippen LogP contribution >= 0.6 is 0 Å². The zero-order valence-corrected chi connectivity index (χ0v) is 38.7. The maximum absolute atomic E-state index is 7.08. The number of anilines is 3. The van der Waals surface area contributed by atoms with E-state index in [-0.39, 0.29) is 0 Å². The zero-order valence-electron chi connectivity index (χ0n) is 38.7. The third-order valence-corrected chi connectivity index (χ3v) is 14.4. The first-order valence-electron chi connectivity index (χ1n) is 24.3. The van der Waals surface area contributed by atoms with Crippen LogP contribution in [0.5, 0.6) is 0 Å². The Morgan fingerprint density at radius 3 is 1.68 bits per heavy atom. The number of nitrogens with zero attached hydrogens (tertiary/aromatic N) is 2. The van der Waals surface area contributed by atoms with Crippen molar-refractivity contribution in [2.75, 3.05) is 4.90 Å². The molecule has 2 aromatic heterocycles. The molecule has 0 unspecified atom stereocenters. The Labute approximate surface area is 411 Å². The first kappa shape index (κ1) is 40.6. The molecule has 0 aliphatic heterocycles. The molecular weight excluding hydrogens is 861 g/mol. The van der Waals surface area contributed by atoms with E-state index < -0.39 is 0 Å². The molecule has 0 amide bonds. The third kappa shape index (κ3) is 6.74. The predicted octanol–water partition coefficient (Wildman–Crippen LogP) is 19.1. The van der Waals surface area contributed by atoms with E-state index in [9.17, 15) is 0 Å². The molecule has 3 heteroatoms. The lowest BCUT2D eigenvalue weighted by atomic mass is 9.94. The van der Waals surface area contributed by atoms with Crippen LogP contribution in [-0.4, -0.2) is 4.57 Å². The Balaban J connectivity index is 0.993. The molecule has 2 heterocycles. The summed E-state index contributed by atoms with van der Waals surface area (Å²) in [6, 6.07) is 96.7. The van der Waals surface area contributed by atoms with Crippen molar-refractivity contribution in [3.63, 3.8) is 0 Å². The number of hydrogen-bond donors (Lipinski definition) is 0. The van der Waals surface area contributed by atoms with Crippen LogP contribution in [0.3, 0.4) is 0 Å². The Morgan fingerprint density at radius 2 is 0.901 bits per heavy atom. The van der Waals surface area contributed by atoms with Crippen molar-refractivity contribution in [1.82, 2.24) is 4.57 Å². The Morgan fingerprint density at radius 1 is 0.310 bits per heavy atom. The number of furan rings is 1. The van der Waals surface area contributed by atoms with Gasteiger partial charge in [-0.2, -0.15) is 0 Å². The molecule has 0 spiro atoms. The summed E-state index contributed by atoms with van der Waals surface area (Å²) >= 11 is 0. The van der Waals surface area contributed by atoms with Crippen LogP contribution < -0.4 is 4.90 Å².